The van der Waals surface area contributed by atoms with E-state index in [9.17, 15) is 0 Å². The van der Waals surface area contributed by atoms with Gasteiger partial charge in [-0.3, -0.25) is 14.7 Å². The fraction of sp³-hybridized carbons (Fsp3) is 0.586. The van der Waals surface area contributed by atoms with Crippen LogP contribution in [0.5, 0.6) is 11.5 Å². The highest BCUT2D eigenvalue weighted by atomic mass is 16.5. The molecule has 0 unspecified atom stereocenters. The molecule has 2 aliphatic heterocycles. The normalized spacial score (nSPS) is 18.6. The van der Waals surface area contributed by atoms with Crippen LogP contribution in [0.4, 0.5) is 0 Å². The highest BCUT2D eigenvalue weighted by molar-refractivity contribution is 5.28. The lowest BCUT2D eigenvalue weighted by atomic mass is 10.1. The first-order valence-corrected chi connectivity index (χ1v) is 13.6. The molecule has 2 aromatic carbocycles. The van der Waals surface area contributed by atoms with E-state index < -0.39 is 0 Å². The number of likely N-dealkylation sites (tertiary alicyclic amines) is 2. The van der Waals surface area contributed by atoms with E-state index >= 15 is 0 Å². The fourth-order valence-corrected chi connectivity index (χ4v) is 4.89. The maximum Gasteiger partial charge on any atom is 0.141 e. The van der Waals surface area contributed by atoms with Crippen molar-refractivity contribution in [1.29, 1.82) is 0 Å². The molecule has 4 N–H and O–H groups in total. The summed E-state index contributed by atoms with van der Waals surface area (Å²) in [5.41, 5.74) is 14.7. The van der Waals surface area contributed by atoms with Gasteiger partial charge in [0.05, 0.1) is 6.61 Å². The summed E-state index contributed by atoms with van der Waals surface area (Å²) in [6.45, 7) is 8.54. The number of nitrogens with two attached hydrogens (primary N) is 2. The van der Waals surface area contributed by atoms with Gasteiger partial charge in [-0.2, -0.15) is 0 Å². The monoisotopic (exact) mass is 495 g/mol. The molecule has 7 nitrogen and oxygen atoms in total. The summed E-state index contributed by atoms with van der Waals surface area (Å²) >= 11 is 0. The third-order valence-electron chi connectivity index (χ3n) is 7.33. The maximum atomic E-state index is 6.01. The first kappa shape index (κ1) is 26.9. The molecule has 2 aromatic rings. The first-order valence-electron chi connectivity index (χ1n) is 13.6. The van der Waals surface area contributed by atoms with E-state index in [0.717, 1.165) is 89.4 Å². The average Bonchev–Trinajstić information content (AvgIpc) is 2.90. The van der Waals surface area contributed by atoms with Crippen molar-refractivity contribution in [2.75, 3.05) is 53.1 Å². The molecule has 2 aliphatic rings. The zero-order valence-electron chi connectivity index (χ0n) is 22.0. The predicted octanol–water partition coefficient (Wildman–Crippen LogP) is 3.27. The van der Waals surface area contributed by atoms with Crippen molar-refractivity contribution in [3.63, 3.8) is 0 Å². The van der Waals surface area contributed by atoms with Crippen molar-refractivity contribution >= 4 is 0 Å². The Kier molecular flexibility index (Phi) is 10.4. The smallest absolute Gasteiger partial charge is 0.141 e. The van der Waals surface area contributed by atoms with Crippen LogP contribution in [-0.2, 0) is 13.1 Å². The lowest BCUT2D eigenvalue weighted by Gasteiger charge is -2.30. The molecule has 0 radical (unpaired) electrons. The van der Waals surface area contributed by atoms with Gasteiger partial charge < -0.3 is 20.9 Å². The Balaban J connectivity index is 1.07. The summed E-state index contributed by atoms with van der Waals surface area (Å²) in [6.07, 6.45) is 5.35. The molecular formula is C29H45N5O2. The zero-order chi connectivity index (χ0) is 25.2. The van der Waals surface area contributed by atoms with Gasteiger partial charge in [0.2, 0.25) is 0 Å². The van der Waals surface area contributed by atoms with Crippen LogP contribution in [0.2, 0.25) is 0 Å². The number of ether oxygens (including phenoxy) is 2. The second-order valence-corrected chi connectivity index (χ2v) is 10.6. The van der Waals surface area contributed by atoms with Crippen LogP contribution in [0.25, 0.3) is 0 Å². The number of hydrogen-bond acceptors (Lipinski definition) is 7. The van der Waals surface area contributed by atoms with E-state index in [1.807, 2.05) is 0 Å². The van der Waals surface area contributed by atoms with Crippen LogP contribution in [-0.4, -0.2) is 79.9 Å². The van der Waals surface area contributed by atoms with Gasteiger partial charge in [-0.15, -0.1) is 0 Å². The molecule has 2 fully saturated rings. The minimum Gasteiger partial charge on any atom is -0.494 e. The molecule has 0 spiro atoms. The molecule has 0 atom stereocenters. The summed E-state index contributed by atoms with van der Waals surface area (Å²) in [7, 11) is 2.08. The first-order chi connectivity index (χ1) is 17.5. The summed E-state index contributed by atoms with van der Waals surface area (Å²) in [6, 6.07) is 17.8. The third-order valence-corrected chi connectivity index (χ3v) is 7.33. The van der Waals surface area contributed by atoms with Crippen LogP contribution in [0.15, 0.2) is 48.5 Å². The van der Waals surface area contributed by atoms with Crippen LogP contribution in [0, 0.1) is 0 Å². The van der Waals surface area contributed by atoms with Gasteiger partial charge in [0.1, 0.15) is 18.2 Å². The Morgan fingerprint density at radius 1 is 0.722 bits per heavy atom. The van der Waals surface area contributed by atoms with Crippen molar-refractivity contribution in [3.8, 4) is 11.5 Å². The fourth-order valence-electron chi connectivity index (χ4n) is 4.89. The van der Waals surface area contributed by atoms with Crippen LogP contribution in [0.1, 0.15) is 43.2 Å². The van der Waals surface area contributed by atoms with E-state index in [0.29, 0.717) is 25.4 Å². The summed E-state index contributed by atoms with van der Waals surface area (Å²) in [5.74, 6) is 1.85. The quantitative estimate of drug-likeness (QED) is 0.346. The highest BCUT2D eigenvalue weighted by Crippen LogP contribution is 2.18. The molecule has 0 bridgehead atoms. The molecule has 0 aliphatic carbocycles. The summed E-state index contributed by atoms with van der Waals surface area (Å²) < 4.78 is 11.9. The molecular weight excluding hydrogens is 450 g/mol. The van der Waals surface area contributed by atoms with E-state index in [1.165, 1.54) is 11.1 Å². The largest absolute Gasteiger partial charge is 0.494 e. The van der Waals surface area contributed by atoms with Crippen molar-refractivity contribution in [3.05, 3.63) is 59.7 Å². The molecule has 4 rings (SSSR count). The van der Waals surface area contributed by atoms with Gasteiger partial charge in [0.15, 0.2) is 0 Å². The standard InChI is InChI=1S/C29H45N5O2/c1-32(23-36-29-9-5-25(6-10-29)22-34-18-13-27(31)14-19-34)15-2-20-35-28-7-3-24(4-8-28)21-33-16-11-26(30)12-17-33/h3-10,26-27H,2,11-23,30-31H2,1H3. The molecule has 7 heteroatoms. The van der Waals surface area contributed by atoms with Crippen molar-refractivity contribution in [2.24, 2.45) is 11.5 Å². The van der Waals surface area contributed by atoms with E-state index in [1.54, 1.807) is 0 Å². The molecule has 0 aromatic heterocycles. The minimum atomic E-state index is 0.377. The number of piperidine rings is 2. The zero-order valence-corrected chi connectivity index (χ0v) is 22.0. The Morgan fingerprint density at radius 3 is 1.64 bits per heavy atom. The molecule has 0 amide bonds. The maximum absolute atomic E-state index is 6.01. The Morgan fingerprint density at radius 2 is 1.17 bits per heavy atom. The average molecular weight is 496 g/mol. The van der Waals surface area contributed by atoms with Crippen molar-refractivity contribution in [2.45, 2.75) is 57.3 Å². The second kappa shape index (κ2) is 14.0. The molecule has 2 heterocycles. The Bertz CT molecular complexity index is 876. The van der Waals surface area contributed by atoms with E-state index in [4.69, 9.17) is 20.9 Å². The lowest BCUT2D eigenvalue weighted by molar-refractivity contribution is 0.144. The Hall–Kier alpha value is -2.16. The van der Waals surface area contributed by atoms with Gasteiger partial charge in [0.25, 0.3) is 0 Å². The highest BCUT2D eigenvalue weighted by Gasteiger charge is 2.17. The molecule has 36 heavy (non-hydrogen) atoms. The molecule has 0 saturated carbocycles. The summed E-state index contributed by atoms with van der Waals surface area (Å²) in [4.78, 5) is 7.15. The van der Waals surface area contributed by atoms with Crippen LogP contribution in [0.3, 0.4) is 0 Å². The van der Waals surface area contributed by atoms with Crippen LogP contribution >= 0.6 is 0 Å². The van der Waals surface area contributed by atoms with E-state index in [2.05, 4.69) is 70.3 Å². The lowest BCUT2D eigenvalue weighted by Crippen LogP contribution is -2.39. The molecule has 198 valence electrons. The third kappa shape index (κ3) is 9.05. The van der Waals surface area contributed by atoms with Crippen molar-refractivity contribution in [1.82, 2.24) is 14.7 Å². The van der Waals surface area contributed by atoms with Gasteiger partial charge in [-0.05, 0) is 101 Å². The van der Waals surface area contributed by atoms with Gasteiger partial charge in [-0.25, -0.2) is 0 Å². The SMILES string of the molecule is CN(CCCOc1ccc(CN2CCC(N)CC2)cc1)COc1ccc(CN2CCC(N)CC2)cc1. The number of rotatable bonds is 12. The van der Waals surface area contributed by atoms with Crippen LogP contribution < -0.4 is 20.9 Å². The number of benzene rings is 2. The topological polar surface area (TPSA) is 80.2 Å². The number of nitrogens with zero attached hydrogens (tertiary/aromatic N) is 3. The Labute approximate surface area is 217 Å². The van der Waals surface area contributed by atoms with Gasteiger partial charge in [-0.1, -0.05) is 24.3 Å². The van der Waals surface area contributed by atoms with E-state index in [-0.39, 0.29) is 0 Å². The predicted molar refractivity (Wildman–Crippen MR) is 146 cm³/mol. The summed E-state index contributed by atoms with van der Waals surface area (Å²) in [5, 5.41) is 0. The molecule has 2 saturated heterocycles. The second-order valence-electron chi connectivity index (χ2n) is 10.6. The minimum absolute atomic E-state index is 0.377. The van der Waals surface area contributed by atoms with Crippen molar-refractivity contribution < 1.29 is 9.47 Å². The number of hydrogen-bond donors (Lipinski definition) is 2. The van der Waals surface area contributed by atoms with Gasteiger partial charge >= 0.3 is 0 Å². The van der Waals surface area contributed by atoms with Gasteiger partial charge in [0, 0.05) is 31.7 Å².